The molecule has 24 heavy (non-hydrogen) atoms. The molecule has 0 atom stereocenters. The van der Waals surface area contributed by atoms with E-state index in [0.717, 1.165) is 29.8 Å². The molecule has 0 saturated heterocycles. The summed E-state index contributed by atoms with van der Waals surface area (Å²) in [5, 5.41) is 5.75. The van der Waals surface area contributed by atoms with Crippen molar-refractivity contribution >= 4 is 23.3 Å². The Morgan fingerprint density at radius 1 is 1.21 bits per heavy atom. The van der Waals surface area contributed by atoms with Crippen molar-refractivity contribution in [1.29, 1.82) is 0 Å². The van der Waals surface area contributed by atoms with Gasteiger partial charge in [-0.3, -0.25) is 4.79 Å². The van der Waals surface area contributed by atoms with E-state index in [-0.39, 0.29) is 11.9 Å². The second kappa shape index (κ2) is 7.17. The molecule has 0 aliphatic carbocycles. The highest BCUT2D eigenvalue weighted by Gasteiger charge is 2.19. The predicted octanol–water partition coefficient (Wildman–Crippen LogP) is 3.63. The largest absolute Gasteiger partial charge is 0.326 e. The normalized spacial score (nSPS) is 13.2. The first-order valence-electron chi connectivity index (χ1n) is 8.10. The smallest absolute Gasteiger partial charge is 0.321 e. The first-order valence-corrected chi connectivity index (χ1v) is 8.10. The molecule has 1 heterocycles. The fourth-order valence-electron chi connectivity index (χ4n) is 2.78. The maximum Gasteiger partial charge on any atom is 0.321 e. The number of carbonyl (C=O) groups is 2. The number of hydrogen-bond acceptors (Lipinski definition) is 2. The minimum absolute atomic E-state index is 0.0130. The number of urea groups is 1. The van der Waals surface area contributed by atoms with E-state index in [9.17, 15) is 9.59 Å². The van der Waals surface area contributed by atoms with Crippen molar-refractivity contribution in [2.75, 3.05) is 17.7 Å². The molecule has 0 unspecified atom stereocenters. The fraction of sp³-hybridized carbons (Fsp3) is 0.263. The van der Waals surface area contributed by atoms with Crippen molar-refractivity contribution in [3.8, 4) is 0 Å². The van der Waals surface area contributed by atoms with E-state index < -0.39 is 0 Å². The SMILES string of the molecule is CN1Cc2cc(NC(=O)CCCc3ccccc3)ccc2NC1=O. The summed E-state index contributed by atoms with van der Waals surface area (Å²) in [6.45, 7) is 0.541. The van der Waals surface area contributed by atoms with Crippen molar-refractivity contribution in [2.24, 2.45) is 0 Å². The average Bonchev–Trinajstić information content (AvgIpc) is 2.57. The molecule has 0 radical (unpaired) electrons. The number of rotatable bonds is 5. The van der Waals surface area contributed by atoms with E-state index in [1.54, 1.807) is 11.9 Å². The van der Waals surface area contributed by atoms with Gasteiger partial charge in [-0.25, -0.2) is 4.79 Å². The quantitative estimate of drug-likeness (QED) is 0.883. The molecular weight excluding hydrogens is 302 g/mol. The minimum Gasteiger partial charge on any atom is -0.326 e. The van der Waals surface area contributed by atoms with Crippen LogP contribution in [0.5, 0.6) is 0 Å². The molecule has 5 heteroatoms. The molecule has 3 rings (SSSR count). The van der Waals surface area contributed by atoms with Gasteiger partial charge in [0.05, 0.1) is 0 Å². The van der Waals surface area contributed by atoms with Crippen LogP contribution in [-0.2, 0) is 17.8 Å². The third-order valence-electron chi connectivity index (χ3n) is 4.10. The van der Waals surface area contributed by atoms with Crippen LogP contribution in [0.15, 0.2) is 48.5 Å². The topological polar surface area (TPSA) is 61.4 Å². The average molecular weight is 323 g/mol. The molecular formula is C19H21N3O2. The number of aryl methyl sites for hydroxylation is 1. The zero-order valence-electron chi connectivity index (χ0n) is 13.7. The molecule has 2 N–H and O–H groups in total. The van der Waals surface area contributed by atoms with Crippen LogP contribution < -0.4 is 10.6 Å². The van der Waals surface area contributed by atoms with E-state index in [4.69, 9.17) is 0 Å². The Balaban J connectivity index is 1.53. The van der Waals surface area contributed by atoms with Crippen molar-refractivity contribution < 1.29 is 9.59 Å². The molecule has 0 bridgehead atoms. The Kier molecular flexibility index (Phi) is 4.79. The Morgan fingerprint density at radius 3 is 2.79 bits per heavy atom. The lowest BCUT2D eigenvalue weighted by atomic mass is 10.1. The lowest BCUT2D eigenvalue weighted by Gasteiger charge is -2.26. The first kappa shape index (κ1) is 16.1. The van der Waals surface area contributed by atoms with Gasteiger partial charge in [-0.1, -0.05) is 30.3 Å². The van der Waals surface area contributed by atoms with Gasteiger partial charge in [0.2, 0.25) is 5.91 Å². The predicted molar refractivity (Wildman–Crippen MR) is 94.9 cm³/mol. The highest BCUT2D eigenvalue weighted by Crippen LogP contribution is 2.25. The lowest BCUT2D eigenvalue weighted by molar-refractivity contribution is -0.116. The highest BCUT2D eigenvalue weighted by molar-refractivity contribution is 5.94. The molecule has 3 amide bonds. The third-order valence-corrected chi connectivity index (χ3v) is 4.10. The summed E-state index contributed by atoms with van der Waals surface area (Å²) in [5.74, 6) is 0.0130. The van der Waals surface area contributed by atoms with Crippen LogP contribution >= 0.6 is 0 Å². The van der Waals surface area contributed by atoms with E-state index >= 15 is 0 Å². The number of benzene rings is 2. The fourth-order valence-corrected chi connectivity index (χ4v) is 2.78. The molecule has 5 nitrogen and oxygen atoms in total. The van der Waals surface area contributed by atoms with Crippen LogP contribution in [0.25, 0.3) is 0 Å². The number of nitrogens with one attached hydrogen (secondary N) is 2. The molecule has 2 aromatic rings. The molecule has 1 aliphatic heterocycles. The van der Waals surface area contributed by atoms with Crippen molar-refractivity contribution in [3.63, 3.8) is 0 Å². The Bertz CT molecular complexity index is 744. The van der Waals surface area contributed by atoms with Crippen LogP contribution in [0.3, 0.4) is 0 Å². The van der Waals surface area contributed by atoms with Gasteiger partial charge in [0.25, 0.3) is 0 Å². The number of carbonyl (C=O) groups excluding carboxylic acids is 2. The van der Waals surface area contributed by atoms with Gasteiger partial charge in [-0.15, -0.1) is 0 Å². The van der Waals surface area contributed by atoms with Crippen LogP contribution in [0.2, 0.25) is 0 Å². The van der Waals surface area contributed by atoms with Crippen LogP contribution in [0.4, 0.5) is 16.2 Å². The van der Waals surface area contributed by atoms with Gasteiger partial charge >= 0.3 is 6.03 Å². The molecule has 0 spiro atoms. The third kappa shape index (κ3) is 3.93. The van der Waals surface area contributed by atoms with Crippen molar-refractivity contribution in [3.05, 3.63) is 59.7 Å². The van der Waals surface area contributed by atoms with Gasteiger partial charge in [0.15, 0.2) is 0 Å². The van der Waals surface area contributed by atoms with Crippen LogP contribution in [0, 0.1) is 0 Å². The minimum atomic E-state index is -0.111. The number of hydrogen-bond donors (Lipinski definition) is 2. The van der Waals surface area contributed by atoms with Crippen LogP contribution in [-0.4, -0.2) is 23.9 Å². The van der Waals surface area contributed by atoms with Gasteiger partial charge < -0.3 is 15.5 Å². The van der Waals surface area contributed by atoms with Gasteiger partial charge in [-0.05, 0) is 42.2 Å². The summed E-state index contributed by atoms with van der Waals surface area (Å²) in [7, 11) is 1.74. The summed E-state index contributed by atoms with van der Waals surface area (Å²) < 4.78 is 0. The van der Waals surface area contributed by atoms with E-state index in [1.165, 1.54) is 5.56 Å². The monoisotopic (exact) mass is 323 g/mol. The van der Waals surface area contributed by atoms with E-state index in [2.05, 4.69) is 22.8 Å². The number of anilines is 2. The number of nitrogens with zero attached hydrogens (tertiary/aromatic N) is 1. The summed E-state index contributed by atoms with van der Waals surface area (Å²) in [5.41, 5.74) is 3.82. The molecule has 0 fully saturated rings. The van der Waals surface area contributed by atoms with Gasteiger partial charge in [0.1, 0.15) is 0 Å². The Hall–Kier alpha value is -2.82. The van der Waals surface area contributed by atoms with Gasteiger partial charge in [0, 0.05) is 31.4 Å². The Morgan fingerprint density at radius 2 is 2.00 bits per heavy atom. The summed E-state index contributed by atoms with van der Waals surface area (Å²) in [6.07, 6.45) is 2.21. The zero-order chi connectivity index (χ0) is 16.9. The molecule has 0 aromatic heterocycles. The summed E-state index contributed by atoms with van der Waals surface area (Å²) in [6, 6.07) is 15.6. The lowest BCUT2D eigenvalue weighted by Crippen LogP contribution is -2.35. The first-order chi connectivity index (χ1) is 11.6. The molecule has 124 valence electrons. The van der Waals surface area contributed by atoms with Crippen molar-refractivity contribution in [1.82, 2.24) is 4.90 Å². The van der Waals surface area contributed by atoms with E-state index in [1.807, 2.05) is 36.4 Å². The van der Waals surface area contributed by atoms with Crippen LogP contribution in [0.1, 0.15) is 24.0 Å². The molecule has 2 aromatic carbocycles. The number of fused-ring (bicyclic) bond motifs is 1. The van der Waals surface area contributed by atoms with Crippen molar-refractivity contribution in [2.45, 2.75) is 25.8 Å². The molecule has 1 aliphatic rings. The second-order valence-corrected chi connectivity index (χ2v) is 6.05. The summed E-state index contributed by atoms with van der Waals surface area (Å²) in [4.78, 5) is 25.3. The maximum absolute atomic E-state index is 12.1. The standard InChI is InChI=1S/C19H21N3O2/c1-22-13-15-12-16(10-11-17(15)21-19(22)24)20-18(23)9-5-8-14-6-3-2-4-7-14/h2-4,6-7,10-12H,5,8-9,13H2,1H3,(H,20,23)(H,21,24). The zero-order valence-corrected chi connectivity index (χ0v) is 13.7. The maximum atomic E-state index is 12.1. The van der Waals surface area contributed by atoms with E-state index in [0.29, 0.717) is 13.0 Å². The van der Waals surface area contributed by atoms with Gasteiger partial charge in [-0.2, -0.15) is 0 Å². The number of amides is 3. The summed E-state index contributed by atoms with van der Waals surface area (Å²) >= 11 is 0. The highest BCUT2D eigenvalue weighted by atomic mass is 16.2. The Labute approximate surface area is 141 Å². The second-order valence-electron chi connectivity index (χ2n) is 6.05. The molecule has 0 saturated carbocycles.